The van der Waals surface area contributed by atoms with Crippen LogP contribution in [0.3, 0.4) is 0 Å². The van der Waals surface area contributed by atoms with Gasteiger partial charge in [-0.15, -0.1) is 0 Å². The van der Waals surface area contributed by atoms with Gasteiger partial charge in [-0.2, -0.15) is 0 Å². The van der Waals surface area contributed by atoms with Crippen LogP contribution in [0.2, 0.25) is 0 Å². The molecule has 5 heteroatoms. The Morgan fingerprint density at radius 3 is 2.55 bits per heavy atom. The summed E-state index contributed by atoms with van der Waals surface area (Å²) in [5.74, 6) is -1.37. The summed E-state index contributed by atoms with van der Waals surface area (Å²) in [4.78, 5) is 27.9. The maximum absolute atomic E-state index is 11.9. The fraction of sp³-hybridized carbons (Fsp3) is 0.467. The zero-order chi connectivity index (χ0) is 14.5. The number of rotatable bonds is 4. The number of carbonyl (C=O) groups excluding carboxylic acids is 2. The van der Waals surface area contributed by atoms with Crippen LogP contribution >= 0.6 is 0 Å². The second kappa shape index (κ2) is 6.52. The quantitative estimate of drug-likeness (QED) is 0.469. The maximum Gasteiger partial charge on any atom is 0.379 e. The largest absolute Gasteiger partial charge is 0.460 e. The molecule has 0 N–H and O–H groups in total. The lowest BCUT2D eigenvalue weighted by Gasteiger charge is -2.34. The Kier molecular flexibility index (Phi) is 4.74. The molecule has 1 aliphatic heterocycles. The monoisotopic (exact) mass is 276 g/mol. The highest BCUT2D eigenvalue weighted by atomic mass is 16.5. The van der Waals surface area contributed by atoms with Crippen molar-refractivity contribution in [2.75, 3.05) is 44.7 Å². The van der Waals surface area contributed by atoms with E-state index in [9.17, 15) is 9.59 Å². The average Bonchev–Trinajstić information content (AvgIpc) is 2.47. The molecule has 2 rings (SSSR count). The Bertz CT molecular complexity index is 494. The Labute approximate surface area is 119 Å². The van der Waals surface area contributed by atoms with Crippen molar-refractivity contribution in [1.82, 2.24) is 4.90 Å². The molecule has 1 aromatic carbocycles. The van der Waals surface area contributed by atoms with Gasteiger partial charge in [0.1, 0.15) is 0 Å². The number of likely N-dealkylation sites (N-methyl/N-ethyl adjacent to an activating group) is 1. The first-order chi connectivity index (χ1) is 9.61. The highest BCUT2D eigenvalue weighted by Gasteiger charge is 2.19. The zero-order valence-corrected chi connectivity index (χ0v) is 12.0. The Balaban J connectivity index is 2.11. The van der Waals surface area contributed by atoms with Gasteiger partial charge in [-0.05, 0) is 26.1 Å². The average molecular weight is 276 g/mol. The molecule has 0 atom stereocenters. The fourth-order valence-corrected chi connectivity index (χ4v) is 2.22. The number of ketones is 1. The number of hydrogen-bond acceptors (Lipinski definition) is 5. The molecule has 20 heavy (non-hydrogen) atoms. The lowest BCUT2D eigenvalue weighted by Crippen LogP contribution is -2.44. The van der Waals surface area contributed by atoms with Gasteiger partial charge >= 0.3 is 5.97 Å². The van der Waals surface area contributed by atoms with E-state index in [0.29, 0.717) is 5.56 Å². The van der Waals surface area contributed by atoms with Crippen LogP contribution in [0.15, 0.2) is 24.3 Å². The van der Waals surface area contributed by atoms with E-state index < -0.39 is 11.8 Å². The predicted octanol–water partition coefficient (Wildman–Crippen LogP) is 1.18. The second-order valence-electron chi connectivity index (χ2n) is 4.89. The van der Waals surface area contributed by atoms with Crippen molar-refractivity contribution in [2.24, 2.45) is 0 Å². The third kappa shape index (κ3) is 3.36. The number of benzene rings is 1. The molecule has 1 aromatic rings. The number of ether oxygens (including phenoxy) is 1. The summed E-state index contributed by atoms with van der Waals surface area (Å²) < 4.78 is 4.75. The number of carbonyl (C=O) groups is 2. The Morgan fingerprint density at radius 1 is 1.20 bits per heavy atom. The van der Waals surface area contributed by atoms with Crippen molar-refractivity contribution >= 4 is 17.4 Å². The first-order valence-electron chi connectivity index (χ1n) is 6.87. The molecule has 1 heterocycles. The van der Waals surface area contributed by atoms with Crippen LogP contribution < -0.4 is 4.90 Å². The van der Waals surface area contributed by atoms with E-state index in [2.05, 4.69) is 16.8 Å². The molecule has 0 bridgehead atoms. The Morgan fingerprint density at radius 2 is 1.90 bits per heavy atom. The number of hydrogen-bond donors (Lipinski definition) is 0. The van der Waals surface area contributed by atoms with Crippen LogP contribution in [-0.4, -0.2) is 56.5 Å². The number of nitrogens with zero attached hydrogens (tertiary/aromatic N) is 2. The van der Waals surface area contributed by atoms with E-state index >= 15 is 0 Å². The Hall–Kier alpha value is -1.88. The van der Waals surface area contributed by atoms with Gasteiger partial charge in [0.15, 0.2) is 0 Å². The lowest BCUT2D eigenvalue weighted by atomic mass is 10.1. The lowest BCUT2D eigenvalue weighted by molar-refractivity contribution is -0.137. The van der Waals surface area contributed by atoms with Crippen molar-refractivity contribution in [3.8, 4) is 0 Å². The summed E-state index contributed by atoms with van der Waals surface area (Å²) in [7, 11) is 2.10. The molecular formula is C15H20N2O3. The number of piperazine rings is 1. The summed E-state index contributed by atoms with van der Waals surface area (Å²) in [6, 6.07) is 7.19. The highest BCUT2D eigenvalue weighted by molar-refractivity contribution is 6.40. The number of Topliss-reactive ketones (excluding diaryl/α,β-unsaturated/α-hetero) is 1. The van der Waals surface area contributed by atoms with Crippen LogP contribution in [0.4, 0.5) is 5.69 Å². The smallest absolute Gasteiger partial charge is 0.379 e. The van der Waals surface area contributed by atoms with Gasteiger partial charge < -0.3 is 14.5 Å². The molecule has 0 unspecified atom stereocenters. The molecule has 1 fully saturated rings. The second-order valence-corrected chi connectivity index (χ2v) is 4.89. The molecule has 1 saturated heterocycles. The van der Waals surface area contributed by atoms with Crippen molar-refractivity contribution < 1.29 is 14.3 Å². The van der Waals surface area contributed by atoms with Crippen LogP contribution in [0, 0.1) is 0 Å². The molecule has 5 nitrogen and oxygen atoms in total. The van der Waals surface area contributed by atoms with Crippen molar-refractivity contribution in [3.63, 3.8) is 0 Å². The fourth-order valence-electron chi connectivity index (χ4n) is 2.22. The van der Waals surface area contributed by atoms with Crippen LogP contribution in [0.5, 0.6) is 0 Å². The normalized spacial score (nSPS) is 16.0. The van der Waals surface area contributed by atoms with E-state index in [4.69, 9.17) is 4.74 Å². The molecule has 0 aromatic heterocycles. The third-order valence-electron chi connectivity index (χ3n) is 3.44. The van der Waals surface area contributed by atoms with E-state index in [1.807, 2.05) is 6.07 Å². The van der Waals surface area contributed by atoms with Gasteiger partial charge in [-0.1, -0.05) is 12.1 Å². The minimum Gasteiger partial charge on any atom is -0.460 e. The van der Waals surface area contributed by atoms with Gasteiger partial charge in [0.2, 0.25) is 0 Å². The minimum absolute atomic E-state index is 0.211. The van der Waals surface area contributed by atoms with Gasteiger partial charge in [0.25, 0.3) is 5.78 Å². The van der Waals surface area contributed by atoms with Crippen molar-refractivity contribution in [2.45, 2.75) is 6.92 Å². The van der Waals surface area contributed by atoms with Crippen LogP contribution in [0.25, 0.3) is 0 Å². The molecule has 1 aliphatic rings. The molecular weight excluding hydrogens is 256 g/mol. The summed E-state index contributed by atoms with van der Waals surface area (Å²) in [5.41, 5.74) is 1.37. The molecule has 0 aliphatic carbocycles. The molecule has 0 saturated carbocycles. The van der Waals surface area contributed by atoms with E-state index in [0.717, 1.165) is 31.9 Å². The molecule has 0 spiro atoms. The highest BCUT2D eigenvalue weighted by Crippen LogP contribution is 2.18. The summed E-state index contributed by atoms with van der Waals surface area (Å²) in [6.45, 7) is 5.74. The predicted molar refractivity (Wildman–Crippen MR) is 77.1 cm³/mol. The zero-order valence-electron chi connectivity index (χ0n) is 12.0. The molecule has 108 valence electrons. The topological polar surface area (TPSA) is 49.9 Å². The SMILES string of the molecule is CCOC(=O)C(=O)c1cccc(N2CCN(C)CC2)c1. The first-order valence-corrected chi connectivity index (χ1v) is 6.87. The van der Waals surface area contributed by atoms with Gasteiger partial charge in [0, 0.05) is 37.4 Å². The third-order valence-corrected chi connectivity index (χ3v) is 3.44. The summed E-state index contributed by atoms with van der Waals surface area (Å²) in [6.07, 6.45) is 0. The van der Waals surface area contributed by atoms with Gasteiger partial charge in [-0.3, -0.25) is 4.79 Å². The van der Waals surface area contributed by atoms with E-state index in [1.54, 1.807) is 25.1 Å². The van der Waals surface area contributed by atoms with Gasteiger partial charge in [0.05, 0.1) is 6.61 Å². The number of esters is 1. The standard InChI is InChI=1S/C15H20N2O3/c1-3-20-15(19)14(18)12-5-4-6-13(11-12)17-9-7-16(2)8-10-17/h4-6,11H,3,7-10H2,1-2H3. The van der Waals surface area contributed by atoms with E-state index in [1.165, 1.54) is 0 Å². The minimum atomic E-state index is -0.789. The van der Waals surface area contributed by atoms with E-state index in [-0.39, 0.29) is 6.61 Å². The van der Waals surface area contributed by atoms with Crippen LogP contribution in [-0.2, 0) is 9.53 Å². The van der Waals surface area contributed by atoms with Crippen LogP contribution in [0.1, 0.15) is 17.3 Å². The van der Waals surface area contributed by atoms with Crippen molar-refractivity contribution in [3.05, 3.63) is 29.8 Å². The molecule has 0 amide bonds. The maximum atomic E-state index is 11.9. The first kappa shape index (κ1) is 14.5. The molecule has 0 radical (unpaired) electrons. The van der Waals surface area contributed by atoms with Gasteiger partial charge in [-0.25, -0.2) is 4.79 Å². The van der Waals surface area contributed by atoms with Crippen molar-refractivity contribution in [1.29, 1.82) is 0 Å². The number of anilines is 1. The summed E-state index contributed by atoms with van der Waals surface area (Å²) >= 11 is 0. The summed E-state index contributed by atoms with van der Waals surface area (Å²) in [5, 5.41) is 0.